The Morgan fingerprint density at radius 2 is 2.08 bits per heavy atom. The highest BCUT2D eigenvalue weighted by Crippen LogP contribution is 2.18. The van der Waals surface area contributed by atoms with Crippen LogP contribution >= 0.6 is 0 Å². The third-order valence-corrected chi connectivity index (χ3v) is 3.51. The summed E-state index contributed by atoms with van der Waals surface area (Å²) in [5.41, 5.74) is 0.624. The Bertz CT molecular complexity index is 792. The van der Waals surface area contributed by atoms with Crippen LogP contribution in [-0.4, -0.2) is 33.8 Å². The Hall–Kier alpha value is -2.90. The molecule has 1 fully saturated rings. The number of benzene rings is 1. The molecule has 24 heavy (non-hydrogen) atoms. The summed E-state index contributed by atoms with van der Waals surface area (Å²) in [6, 6.07) is 9.04. The van der Waals surface area contributed by atoms with Crippen molar-refractivity contribution < 1.29 is 18.7 Å². The molecule has 0 aliphatic heterocycles. The molecule has 2 aromatic rings. The predicted octanol–water partition coefficient (Wildman–Crippen LogP) is 0.714. The molecule has 0 bridgehead atoms. The number of carbonyl (C=O) groups is 2. The van der Waals surface area contributed by atoms with E-state index in [2.05, 4.69) is 10.4 Å². The van der Waals surface area contributed by atoms with Crippen molar-refractivity contribution in [2.75, 3.05) is 0 Å². The van der Waals surface area contributed by atoms with Crippen LogP contribution in [0.2, 0.25) is 0 Å². The highest BCUT2D eigenvalue weighted by Gasteiger charge is 2.27. The monoisotopic (exact) mass is 331 g/mol. The second-order valence-electron chi connectivity index (χ2n) is 5.61. The molecule has 0 unspecified atom stereocenters. The predicted molar refractivity (Wildman–Crippen MR) is 82.9 cm³/mol. The van der Waals surface area contributed by atoms with Gasteiger partial charge in [0, 0.05) is 11.6 Å². The molecular formula is C16H17N3O5. The lowest BCUT2D eigenvalue weighted by Gasteiger charge is -2.12. The van der Waals surface area contributed by atoms with E-state index in [9.17, 15) is 14.4 Å². The first-order valence-electron chi connectivity index (χ1n) is 7.66. The molecule has 1 aromatic heterocycles. The standard InChI is InChI=1S/C16H17N3O5/c1-10(14(21)17-12-7-8-12)23-13(20)9-19-16(22)24-15(18-19)11-5-3-2-4-6-11/h2-6,10,12H,7-9H2,1H3,(H,17,21)/t10-/m1/s1. The van der Waals surface area contributed by atoms with Crippen molar-refractivity contribution in [1.29, 1.82) is 0 Å². The SMILES string of the molecule is C[C@@H](OC(=O)Cn1nc(-c2ccccc2)oc1=O)C(=O)NC1CC1. The second-order valence-corrected chi connectivity index (χ2v) is 5.61. The number of nitrogens with zero attached hydrogens (tertiary/aromatic N) is 2. The summed E-state index contributed by atoms with van der Waals surface area (Å²) in [7, 11) is 0. The molecule has 1 aliphatic carbocycles. The van der Waals surface area contributed by atoms with E-state index < -0.39 is 24.4 Å². The summed E-state index contributed by atoms with van der Waals surface area (Å²) < 4.78 is 10.9. The molecule has 1 atom stereocenters. The van der Waals surface area contributed by atoms with Gasteiger partial charge in [-0.05, 0) is 31.9 Å². The van der Waals surface area contributed by atoms with E-state index in [0.29, 0.717) is 5.56 Å². The largest absolute Gasteiger partial charge is 0.451 e. The van der Waals surface area contributed by atoms with Gasteiger partial charge in [-0.15, -0.1) is 5.10 Å². The van der Waals surface area contributed by atoms with Crippen molar-refractivity contribution in [2.24, 2.45) is 0 Å². The average molecular weight is 331 g/mol. The molecule has 1 aromatic carbocycles. The van der Waals surface area contributed by atoms with Crippen molar-refractivity contribution in [2.45, 2.75) is 38.5 Å². The Morgan fingerprint density at radius 3 is 2.75 bits per heavy atom. The zero-order valence-electron chi connectivity index (χ0n) is 13.1. The lowest BCUT2D eigenvalue weighted by molar-refractivity contribution is -0.155. The fourth-order valence-corrected chi connectivity index (χ4v) is 2.06. The number of amides is 1. The van der Waals surface area contributed by atoms with E-state index >= 15 is 0 Å². The summed E-state index contributed by atoms with van der Waals surface area (Å²) >= 11 is 0. The van der Waals surface area contributed by atoms with Crippen LogP contribution in [0.3, 0.4) is 0 Å². The van der Waals surface area contributed by atoms with Gasteiger partial charge in [-0.25, -0.2) is 4.79 Å². The zero-order chi connectivity index (χ0) is 17.1. The summed E-state index contributed by atoms with van der Waals surface area (Å²) in [6.07, 6.45) is 0.973. The van der Waals surface area contributed by atoms with Gasteiger partial charge in [0.1, 0.15) is 6.54 Å². The van der Waals surface area contributed by atoms with Crippen molar-refractivity contribution in [3.63, 3.8) is 0 Å². The minimum atomic E-state index is -0.922. The average Bonchev–Trinajstić information content (AvgIpc) is 3.30. The Morgan fingerprint density at radius 1 is 1.38 bits per heavy atom. The summed E-state index contributed by atoms with van der Waals surface area (Å²) in [5.74, 6) is -1.72. The van der Waals surface area contributed by atoms with Gasteiger partial charge in [-0.1, -0.05) is 18.2 Å². The van der Waals surface area contributed by atoms with Gasteiger partial charge in [-0.2, -0.15) is 4.68 Å². The first-order chi connectivity index (χ1) is 11.5. The highest BCUT2D eigenvalue weighted by atomic mass is 16.5. The minimum absolute atomic E-state index is 0.118. The van der Waals surface area contributed by atoms with Crippen LogP contribution < -0.4 is 11.1 Å². The molecule has 8 heteroatoms. The molecule has 1 N–H and O–H groups in total. The molecule has 126 valence electrons. The Labute approximate surface area is 137 Å². The topological polar surface area (TPSA) is 103 Å². The number of rotatable bonds is 6. The lowest BCUT2D eigenvalue weighted by Crippen LogP contribution is -2.38. The van der Waals surface area contributed by atoms with Gasteiger partial charge in [-0.3, -0.25) is 9.59 Å². The molecule has 1 heterocycles. The molecule has 0 saturated heterocycles. The van der Waals surface area contributed by atoms with E-state index in [1.54, 1.807) is 24.3 Å². The highest BCUT2D eigenvalue weighted by molar-refractivity contribution is 5.83. The number of hydrogen-bond acceptors (Lipinski definition) is 6. The minimum Gasteiger partial charge on any atom is -0.451 e. The van der Waals surface area contributed by atoms with Crippen LogP contribution in [-0.2, 0) is 20.9 Å². The van der Waals surface area contributed by atoms with Crippen LogP contribution in [0.15, 0.2) is 39.5 Å². The van der Waals surface area contributed by atoms with Crippen LogP contribution in [0.1, 0.15) is 19.8 Å². The van der Waals surface area contributed by atoms with Crippen LogP contribution in [0.5, 0.6) is 0 Å². The first-order valence-corrected chi connectivity index (χ1v) is 7.66. The summed E-state index contributed by atoms with van der Waals surface area (Å²) in [4.78, 5) is 35.4. The van der Waals surface area contributed by atoms with Gasteiger partial charge in [0.2, 0.25) is 5.89 Å². The fraction of sp³-hybridized carbons (Fsp3) is 0.375. The Balaban J connectivity index is 1.61. The number of hydrogen-bond donors (Lipinski definition) is 1. The lowest BCUT2D eigenvalue weighted by atomic mass is 10.2. The maximum absolute atomic E-state index is 11.9. The molecule has 8 nitrogen and oxygen atoms in total. The number of ether oxygens (including phenoxy) is 1. The van der Waals surface area contributed by atoms with Crippen molar-refractivity contribution in [3.05, 3.63) is 40.9 Å². The molecular weight excluding hydrogens is 314 g/mol. The third kappa shape index (κ3) is 3.89. The smallest absolute Gasteiger partial charge is 0.437 e. The van der Waals surface area contributed by atoms with Crippen molar-refractivity contribution in [1.82, 2.24) is 15.1 Å². The van der Waals surface area contributed by atoms with Gasteiger partial charge in [0.25, 0.3) is 5.91 Å². The van der Waals surface area contributed by atoms with Crippen LogP contribution in [0, 0.1) is 0 Å². The van der Waals surface area contributed by atoms with E-state index in [1.165, 1.54) is 6.92 Å². The summed E-state index contributed by atoms with van der Waals surface area (Å²) in [5, 5.41) is 6.71. The second kappa shape index (κ2) is 6.69. The maximum atomic E-state index is 11.9. The normalized spacial score (nSPS) is 14.9. The number of carbonyl (C=O) groups excluding carboxylic acids is 2. The van der Waals surface area contributed by atoms with E-state index in [-0.39, 0.29) is 17.8 Å². The number of nitrogens with one attached hydrogen (secondary N) is 1. The van der Waals surface area contributed by atoms with Crippen molar-refractivity contribution in [3.8, 4) is 11.5 Å². The quantitative estimate of drug-likeness (QED) is 0.782. The summed E-state index contributed by atoms with van der Waals surface area (Å²) in [6.45, 7) is 1.06. The zero-order valence-corrected chi connectivity index (χ0v) is 13.1. The van der Waals surface area contributed by atoms with Crippen molar-refractivity contribution >= 4 is 11.9 Å². The van der Waals surface area contributed by atoms with Gasteiger partial charge in [0.15, 0.2) is 6.10 Å². The molecule has 1 amide bonds. The van der Waals surface area contributed by atoms with E-state index in [4.69, 9.17) is 9.15 Å². The molecule has 0 spiro atoms. The number of aromatic nitrogens is 2. The molecule has 1 aliphatic rings. The fourth-order valence-electron chi connectivity index (χ4n) is 2.06. The van der Waals surface area contributed by atoms with E-state index in [0.717, 1.165) is 17.5 Å². The van der Waals surface area contributed by atoms with Gasteiger partial charge >= 0.3 is 11.7 Å². The third-order valence-electron chi connectivity index (χ3n) is 3.51. The first kappa shape index (κ1) is 16.0. The molecule has 0 radical (unpaired) electrons. The Kier molecular flexibility index (Phi) is 4.45. The van der Waals surface area contributed by atoms with Crippen LogP contribution in [0.4, 0.5) is 0 Å². The van der Waals surface area contributed by atoms with E-state index in [1.807, 2.05) is 6.07 Å². The van der Waals surface area contributed by atoms with Gasteiger partial charge < -0.3 is 14.5 Å². The number of esters is 1. The molecule has 3 rings (SSSR count). The van der Waals surface area contributed by atoms with Crippen LogP contribution in [0.25, 0.3) is 11.5 Å². The van der Waals surface area contributed by atoms with Gasteiger partial charge in [0.05, 0.1) is 0 Å². The maximum Gasteiger partial charge on any atom is 0.437 e. The molecule has 1 saturated carbocycles.